The van der Waals surface area contributed by atoms with Crippen LogP contribution in [0.4, 0.5) is 0 Å². The van der Waals surface area contributed by atoms with Gasteiger partial charge in [0, 0.05) is 20.2 Å². The fraction of sp³-hybridized carbons (Fsp3) is 0.909. The molecule has 88 valence electrons. The van der Waals surface area contributed by atoms with Crippen LogP contribution in [0.2, 0.25) is 0 Å². The number of hydrogen-bond donors (Lipinski definition) is 2. The third-order valence-electron chi connectivity index (χ3n) is 2.85. The van der Waals surface area contributed by atoms with Crippen LogP contribution in [0.5, 0.6) is 0 Å². The lowest BCUT2D eigenvalue weighted by Gasteiger charge is -2.22. The Bertz CT molecular complexity index is 201. The number of likely N-dealkylation sites (N-methyl/N-ethyl adjacent to an activating group) is 1. The lowest BCUT2D eigenvalue weighted by Crippen LogP contribution is -2.47. The zero-order valence-corrected chi connectivity index (χ0v) is 9.88. The average molecular weight is 214 g/mol. The Kier molecular flexibility index (Phi) is 5.05. The van der Waals surface area contributed by atoms with Gasteiger partial charge in [0.05, 0.1) is 12.6 Å². The van der Waals surface area contributed by atoms with Crippen molar-refractivity contribution >= 4 is 5.91 Å². The number of ether oxygens (including phenoxy) is 1. The Hall–Kier alpha value is -0.610. The van der Waals surface area contributed by atoms with Crippen molar-refractivity contribution in [1.29, 1.82) is 0 Å². The van der Waals surface area contributed by atoms with E-state index in [2.05, 4.69) is 24.5 Å². The van der Waals surface area contributed by atoms with Gasteiger partial charge in [0.2, 0.25) is 5.91 Å². The molecule has 0 aromatic rings. The first kappa shape index (κ1) is 12.5. The number of rotatable bonds is 5. The van der Waals surface area contributed by atoms with Crippen molar-refractivity contribution in [2.75, 3.05) is 26.8 Å². The predicted molar refractivity (Wildman–Crippen MR) is 59.6 cm³/mol. The molecule has 2 unspecified atom stereocenters. The van der Waals surface area contributed by atoms with Crippen molar-refractivity contribution in [3.63, 3.8) is 0 Å². The van der Waals surface area contributed by atoms with Crippen molar-refractivity contribution in [2.24, 2.45) is 11.8 Å². The van der Waals surface area contributed by atoms with Crippen LogP contribution >= 0.6 is 0 Å². The van der Waals surface area contributed by atoms with E-state index in [0.29, 0.717) is 11.8 Å². The number of amides is 1. The quantitative estimate of drug-likeness (QED) is 0.696. The van der Waals surface area contributed by atoms with Crippen LogP contribution in [0, 0.1) is 11.8 Å². The van der Waals surface area contributed by atoms with Crippen LogP contribution in [0.15, 0.2) is 0 Å². The van der Waals surface area contributed by atoms with Gasteiger partial charge in [-0.05, 0) is 18.3 Å². The highest BCUT2D eigenvalue weighted by Crippen LogP contribution is 2.12. The van der Waals surface area contributed by atoms with Crippen LogP contribution in [-0.2, 0) is 9.53 Å². The van der Waals surface area contributed by atoms with Crippen LogP contribution in [0.25, 0.3) is 0 Å². The maximum absolute atomic E-state index is 11.6. The summed E-state index contributed by atoms with van der Waals surface area (Å²) in [5.41, 5.74) is 0. The molecule has 1 amide bonds. The summed E-state index contributed by atoms with van der Waals surface area (Å²) in [4.78, 5) is 11.6. The molecule has 1 heterocycles. The van der Waals surface area contributed by atoms with Gasteiger partial charge < -0.3 is 15.4 Å². The first-order chi connectivity index (χ1) is 7.15. The maximum atomic E-state index is 11.6. The van der Waals surface area contributed by atoms with Gasteiger partial charge in [-0.2, -0.15) is 0 Å². The molecule has 1 aliphatic heterocycles. The molecule has 1 rings (SSSR count). The number of carbonyl (C=O) groups excluding carboxylic acids is 1. The van der Waals surface area contributed by atoms with Gasteiger partial charge in [-0.25, -0.2) is 0 Å². The van der Waals surface area contributed by atoms with E-state index in [9.17, 15) is 4.79 Å². The Labute approximate surface area is 91.8 Å². The van der Waals surface area contributed by atoms with E-state index < -0.39 is 0 Å². The highest BCUT2D eigenvalue weighted by atomic mass is 16.5. The topological polar surface area (TPSA) is 50.4 Å². The highest BCUT2D eigenvalue weighted by molar-refractivity contribution is 5.81. The minimum absolute atomic E-state index is 0.0731. The Morgan fingerprint density at radius 2 is 2.27 bits per heavy atom. The lowest BCUT2D eigenvalue weighted by atomic mass is 10.0. The van der Waals surface area contributed by atoms with E-state index in [-0.39, 0.29) is 11.9 Å². The van der Waals surface area contributed by atoms with E-state index in [0.717, 1.165) is 26.2 Å². The Morgan fingerprint density at radius 3 is 2.73 bits per heavy atom. The predicted octanol–water partition coefficient (Wildman–Crippen LogP) is 0.383. The van der Waals surface area contributed by atoms with Crippen LogP contribution < -0.4 is 10.6 Å². The molecule has 0 radical (unpaired) electrons. The molecule has 1 aliphatic rings. The molecule has 1 fully saturated rings. The zero-order valence-electron chi connectivity index (χ0n) is 9.88. The molecule has 1 saturated heterocycles. The van der Waals surface area contributed by atoms with Crippen molar-refractivity contribution in [2.45, 2.75) is 26.3 Å². The van der Waals surface area contributed by atoms with Gasteiger partial charge in [-0.15, -0.1) is 0 Å². The molecule has 0 aromatic heterocycles. The third kappa shape index (κ3) is 3.80. The van der Waals surface area contributed by atoms with Gasteiger partial charge >= 0.3 is 0 Å². The molecular weight excluding hydrogens is 192 g/mol. The summed E-state index contributed by atoms with van der Waals surface area (Å²) in [5.74, 6) is 0.951. The normalized spacial score (nSPS) is 23.1. The minimum atomic E-state index is -0.0874. The molecule has 0 spiro atoms. The van der Waals surface area contributed by atoms with Gasteiger partial charge in [-0.3, -0.25) is 4.79 Å². The SMILES string of the molecule is CNC(=O)C(NCC1CCOC1)C(C)C. The summed E-state index contributed by atoms with van der Waals surface area (Å²) in [5, 5.41) is 6.01. The molecule has 4 nitrogen and oxygen atoms in total. The fourth-order valence-corrected chi connectivity index (χ4v) is 1.82. The standard InChI is InChI=1S/C11H22N2O2/c1-8(2)10(11(14)12-3)13-6-9-4-5-15-7-9/h8-10,13H,4-7H2,1-3H3,(H,12,14). The lowest BCUT2D eigenvalue weighted by molar-refractivity contribution is -0.123. The second kappa shape index (κ2) is 6.08. The first-order valence-electron chi connectivity index (χ1n) is 5.68. The van der Waals surface area contributed by atoms with E-state index >= 15 is 0 Å². The molecule has 0 bridgehead atoms. The van der Waals surface area contributed by atoms with Crippen molar-refractivity contribution in [3.05, 3.63) is 0 Å². The first-order valence-corrected chi connectivity index (χ1v) is 5.68. The van der Waals surface area contributed by atoms with Gasteiger partial charge in [0.15, 0.2) is 0 Å². The summed E-state index contributed by atoms with van der Waals surface area (Å²) < 4.78 is 5.30. The molecule has 4 heteroatoms. The largest absolute Gasteiger partial charge is 0.381 e. The Morgan fingerprint density at radius 1 is 1.53 bits per heavy atom. The number of hydrogen-bond acceptors (Lipinski definition) is 3. The Balaban J connectivity index is 2.33. The third-order valence-corrected chi connectivity index (χ3v) is 2.85. The van der Waals surface area contributed by atoms with E-state index in [1.165, 1.54) is 0 Å². The maximum Gasteiger partial charge on any atom is 0.237 e. The summed E-state index contributed by atoms with van der Waals surface area (Å²) in [7, 11) is 1.68. The van der Waals surface area contributed by atoms with Gasteiger partial charge in [0.25, 0.3) is 0 Å². The molecular formula is C11H22N2O2. The summed E-state index contributed by atoms with van der Waals surface area (Å²) in [6.45, 7) is 6.66. The zero-order chi connectivity index (χ0) is 11.3. The van der Waals surface area contributed by atoms with E-state index in [4.69, 9.17) is 4.74 Å². The monoisotopic (exact) mass is 214 g/mol. The van der Waals surface area contributed by atoms with Crippen LogP contribution in [-0.4, -0.2) is 38.8 Å². The fourth-order valence-electron chi connectivity index (χ4n) is 1.82. The van der Waals surface area contributed by atoms with Crippen molar-refractivity contribution in [1.82, 2.24) is 10.6 Å². The van der Waals surface area contributed by atoms with E-state index in [1.54, 1.807) is 7.05 Å². The smallest absolute Gasteiger partial charge is 0.237 e. The second-order valence-electron chi connectivity index (χ2n) is 4.47. The summed E-state index contributed by atoms with van der Waals surface area (Å²) in [6, 6.07) is -0.0874. The summed E-state index contributed by atoms with van der Waals surface area (Å²) >= 11 is 0. The molecule has 0 saturated carbocycles. The highest BCUT2D eigenvalue weighted by Gasteiger charge is 2.23. The van der Waals surface area contributed by atoms with Crippen molar-refractivity contribution in [3.8, 4) is 0 Å². The average Bonchev–Trinajstić information content (AvgIpc) is 2.70. The second-order valence-corrected chi connectivity index (χ2v) is 4.47. The minimum Gasteiger partial charge on any atom is -0.381 e. The molecule has 2 N–H and O–H groups in total. The van der Waals surface area contributed by atoms with E-state index in [1.807, 2.05) is 0 Å². The molecule has 0 aromatic carbocycles. The number of carbonyl (C=O) groups is 1. The van der Waals surface area contributed by atoms with Gasteiger partial charge in [-0.1, -0.05) is 13.8 Å². The van der Waals surface area contributed by atoms with Gasteiger partial charge in [0.1, 0.15) is 0 Å². The van der Waals surface area contributed by atoms with Crippen LogP contribution in [0.1, 0.15) is 20.3 Å². The summed E-state index contributed by atoms with van der Waals surface area (Å²) in [6.07, 6.45) is 1.10. The van der Waals surface area contributed by atoms with Crippen molar-refractivity contribution < 1.29 is 9.53 Å². The van der Waals surface area contributed by atoms with Crippen LogP contribution in [0.3, 0.4) is 0 Å². The molecule has 0 aliphatic carbocycles. The number of nitrogens with one attached hydrogen (secondary N) is 2. The molecule has 15 heavy (non-hydrogen) atoms. The molecule has 2 atom stereocenters.